The molecule has 5 aromatic rings. The van der Waals surface area contributed by atoms with Crippen LogP contribution in [0.2, 0.25) is 0 Å². The van der Waals surface area contributed by atoms with Crippen LogP contribution in [0, 0.1) is 0 Å². The van der Waals surface area contributed by atoms with Crippen LogP contribution in [0.5, 0.6) is 11.5 Å². The summed E-state index contributed by atoms with van der Waals surface area (Å²) in [6.07, 6.45) is 0. The number of benzene rings is 5. The Hall–Kier alpha value is -4.39. The van der Waals surface area contributed by atoms with E-state index < -0.39 is 26.7 Å². The molecule has 0 aliphatic heterocycles. The lowest BCUT2D eigenvalue weighted by molar-refractivity contribution is 0.439. The van der Waals surface area contributed by atoms with E-state index in [2.05, 4.69) is 19.1 Å². The first kappa shape index (κ1) is 29.1. The predicted molar refractivity (Wildman–Crippen MR) is 167 cm³/mol. The van der Waals surface area contributed by atoms with Gasteiger partial charge in [-0.05, 0) is 45.5 Å². The van der Waals surface area contributed by atoms with Gasteiger partial charge in [-0.1, -0.05) is 124 Å². The van der Waals surface area contributed by atoms with Gasteiger partial charge in [0.25, 0.3) is 10.1 Å². The predicted octanol–water partition coefficient (Wildman–Crippen LogP) is 8.47. The van der Waals surface area contributed by atoms with Gasteiger partial charge >= 0.3 is 0 Å². The van der Waals surface area contributed by atoms with Crippen molar-refractivity contribution >= 4 is 10.1 Å². The molecule has 0 saturated carbocycles. The molecule has 0 spiro atoms. The molecule has 0 bridgehead atoms. The minimum atomic E-state index is -4.89. The molecule has 42 heavy (non-hydrogen) atoms. The highest BCUT2D eigenvalue weighted by Gasteiger charge is 2.32. The second-order valence-electron chi connectivity index (χ2n) is 10.8. The first-order chi connectivity index (χ1) is 20.1. The van der Waals surface area contributed by atoms with Crippen molar-refractivity contribution in [1.29, 1.82) is 0 Å². The quantitative estimate of drug-likeness (QED) is 0.161. The van der Waals surface area contributed by atoms with Crippen LogP contribution in [0.1, 0.15) is 71.9 Å². The summed E-state index contributed by atoms with van der Waals surface area (Å²) >= 11 is 0. The van der Waals surface area contributed by atoms with Crippen molar-refractivity contribution in [2.45, 2.75) is 43.4 Å². The average molecular weight is 579 g/mol. The van der Waals surface area contributed by atoms with E-state index in [-0.39, 0.29) is 28.7 Å². The molecule has 0 amide bonds. The van der Waals surface area contributed by atoms with E-state index in [4.69, 9.17) is 0 Å². The maximum absolute atomic E-state index is 13.0. The van der Waals surface area contributed by atoms with E-state index >= 15 is 0 Å². The molecule has 0 aliphatic rings. The van der Waals surface area contributed by atoms with Crippen LogP contribution in [0.25, 0.3) is 11.1 Å². The number of phenolic OH excluding ortho intramolecular Hbond substituents is 2. The number of para-hydroxylation sites is 1. The maximum Gasteiger partial charge on any atom is 0.298 e. The van der Waals surface area contributed by atoms with Crippen LogP contribution in [0.15, 0.2) is 120 Å². The van der Waals surface area contributed by atoms with Crippen molar-refractivity contribution in [3.05, 3.63) is 149 Å². The molecule has 6 heteroatoms. The number of aromatic hydroxyl groups is 2. The van der Waals surface area contributed by atoms with Gasteiger partial charge in [0.15, 0.2) is 0 Å². The Bertz CT molecular complexity index is 1800. The summed E-state index contributed by atoms with van der Waals surface area (Å²) < 4.78 is 36.6. The zero-order chi connectivity index (χ0) is 30.0. The molecule has 0 fully saturated rings. The van der Waals surface area contributed by atoms with Crippen molar-refractivity contribution in [2.75, 3.05) is 0 Å². The molecule has 214 valence electrons. The molecular formula is C36H34O5S. The van der Waals surface area contributed by atoms with Crippen LogP contribution in [0.4, 0.5) is 0 Å². The van der Waals surface area contributed by atoms with Crippen LogP contribution >= 0.6 is 0 Å². The Kier molecular flexibility index (Phi) is 8.21. The zero-order valence-corrected chi connectivity index (χ0v) is 24.6. The Labute approximate surface area is 247 Å². The molecule has 0 saturated heterocycles. The van der Waals surface area contributed by atoms with E-state index in [1.54, 1.807) is 24.3 Å². The third-order valence-corrected chi connectivity index (χ3v) is 9.14. The fourth-order valence-electron chi connectivity index (χ4n) is 5.75. The monoisotopic (exact) mass is 578 g/mol. The van der Waals surface area contributed by atoms with Crippen molar-refractivity contribution in [2.24, 2.45) is 0 Å². The minimum Gasteiger partial charge on any atom is -0.507 e. The highest BCUT2D eigenvalue weighted by Crippen LogP contribution is 2.48. The zero-order valence-electron chi connectivity index (χ0n) is 23.8. The summed E-state index contributed by atoms with van der Waals surface area (Å²) in [5.74, 6) is -1.35. The molecule has 5 nitrogen and oxygen atoms in total. The van der Waals surface area contributed by atoms with Crippen molar-refractivity contribution in [1.82, 2.24) is 0 Å². The molecule has 0 aromatic heterocycles. The average Bonchev–Trinajstić information content (AvgIpc) is 3.00. The third-order valence-electron chi connectivity index (χ3n) is 8.21. The summed E-state index contributed by atoms with van der Waals surface area (Å²) in [6, 6.07) is 36.0. The number of hydrogen-bond donors (Lipinski definition) is 3. The van der Waals surface area contributed by atoms with Crippen LogP contribution in [-0.4, -0.2) is 23.2 Å². The normalized spacial score (nSPS) is 13.8. The summed E-state index contributed by atoms with van der Waals surface area (Å²) in [6.45, 7) is 5.98. The standard InChI is InChI=1S/C36H34O5S/c1-23(26-12-6-4-7-13-26)28-18-20-29(21-19-28)25(3)34-31(24(2)27-14-8-5-9-15-27)22-32(30-16-10-11-17-33(30)37)35(38)36(34)42(39,40)41/h4-25,37-38H,1-3H3,(H,39,40,41). The molecule has 5 aromatic carbocycles. The number of hydrogen-bond acceptors (Lipinski definition) is 4. The molecule has 3 atom stereocenters. The minimum absolute atomic E-state index is 0.115. The van der Waals surface area contributed by atoms with Gasteiger partial charge in [0, 0.05) is 28.9 Å². The first-order valence-electron chi connectivity index (χ1n) is 13.9. The van der Waals surface area contributed by atoms with E-state index in [0.717, 1.165) is 16.7 Å². The Morgan fingerprint density at radius 3 is 1.52 bits per heavy atom. The third kappa shape index (κ3) is 5.69. The summed E-state index contributed by atoms with van der Waals surface area (Å²) in [5.41, 5.74) is 5.40. The molecular weight excluding hydrogens is 544 g/mol. The summed E-state index contributed by atoms with van der Waals surface area (Å²) in [5, 5.41) is 22.1. The van der Waals surface area contributed by atoms with Gasteiger partial charge in [0.05, 0.1) is 0 Å². The van der Waals surface area contributed by atoms with E-state index in [1.807, 2.05) is 86.6 Å². The molecule has 3 unspecified atom stereocenters. The highest BCUT2D eigenvalue weighted by molar-refractivity contribution is 7.86. The van der Waals surface area contributed by atoms with Crippen molar-refractivity contribution < 1.29 is 23.2 Å². The van der Waals surface area contributed by atoms with Crippen LogP contribution in [0.3, 0.4) is 0 Å². The first-order valence-corrected chi connectivity index (χ1v) is 15.4. The second kappa shape index (κ2) is 11.8. The summed E-state index contributed by atoms with van der Waals surface area (Å²) in [7, 11) is -4.89. The summed E-state index contributed by atoms with van der Waals surface area (Å²) in [4.78, 5) is -0.546. The van der Waals surface area contributed by atoms with E-state index in [0.29, 0.717) is 11.1 Å². The van der Waals surface area contributed by atoms with Gasteiger partial charge in [0.2, 0.25) is 0 Å². The SMILES string of the molecule is CC(c1ccccc1)c1ccc(C(C)c2c(C(C)c3ccccc3)cc(-c3ccccc3O)c(O)c2S(=O)(=O)O)cc1. The van der Waals surface area contributed by atoms with Crippen LogP contribution in [-0.2, 0) is 10.1 Å². The molecule has 0 radical (unpaired) electrons. The molecule has 5 rings (SSSR count). The van der Waals surface area contributed by atoms with Gasteiger partial charge in [-0.15, -0.1) is 0 Å². The largest absolute Gasteiger partial charge is 0.507 e. The van der Waals surface area contributed by atoms with Crippen molar-refractivity contribution in [3.8, 4) is 22.6 Å². The second-order valence-corrected chi connectivity index (χ2v) is 12.1. The van der Waals surface area contributed by atoms with Crippen LogP contribution < -0.4 is 0 Å². The van der Waals surface area contributed by atoms with Gasteiger partial charge in [-0.25, -0.2) is 0 Å². The Morgan fingerprint density at radius 1 is 0.548 bits per heavy atom. The number of rotatable bonds is 8. The molecule has 0 aliphatic carbocycles. The van der Waals surface area contributed by atoms with E-state index in [9.17, 15) is 23.2 Å². The van der Waals surface area contributed by atoms with Gasteiger partial charge < -0.3 is 10.2 Å². The number of phenols is 2. The lowest BCUT2D eigenvalue weighted by Gasteiger charge is -2.26. The topological polar surface area (TPSA) is 94.8 Å². The van der Waals surface area contributed by atoms with Crippen molar-refractivity contribution in [3.63, 3.8) is 0 Å². The fourth-order valence-corrected chi connectivity index (χ4v) is 6.68. The van der Waals surface area contributed by atoms with E-state index in [1.165, 1.54) is 11.6 Å². The van der Waals surface area contributed by atoms with Gasteiger partial charge in [-0.3, -0.25) is 4.55 Å². The van der Waals surface area contributed by atoms with Gasteiger partial charge in [0.1, 0.15) is 16.4 Å². The van der Waals surface area contributed by atoms with Gasteiger partial charge in [-0.2, -0.15) is 8.42 Å². The molecule has 0 heterocycles. The Balaban J connectivity index is 1.71. The smallest absolute Gasteiger partial charge is 0.298 e. The fraction of sp³-hybridized carbons (Fsp3) is 0.167. The maximum atomic E-state index is 13.0. The molecule has 3 N–H and O–H groups in total. The lowest BCUT2D eigenvalue weighted by Crippen LogP contribution is -2.14. The lowest BCUT2D eigenvalue weighted by atomic mass is 9.80. The highest BCUT2D eigenvalue weighted by atomic mass is 32.2. The Morgan fingerprint density at radius 2 is 1.00 bits per heavy atom.